The molecule has 0 radical (unpaired) electrons. The topological polar surface area (TPSA) is 90.5 Å². The number of thiocarbonyl (C=S) groups is 1. The molecule has 0 bridgehead atoms. The van der Waals surface area contributed by atoms with E-state index >= 15 is 0 Å². The largest absolute Gasteiger partial charge is 0.362 e. The Labute approximate surface area is 204 Å². The lowest BCUT2D eigenvalue weighted by Gasteiger charge is -2.13. The van der Waals surface area contributed by atoms with Crippen molar-refractivity contribution >= 4 is 44.6 Å². The van der Waals surface area contributed by atoms with Crippen LogP contribution in [0.4, 0.5) is 15.8 Å². The van der Waals surface area contributed by atoms with Gasteiger partial charge in [-0.05, 0) is 72.7 Å². The molecule has 0 fully saturated rings. The lowest BCUT2D eigenvalue weighted by molar-refractivity contribution is 0.102. The lowest BCUT2D eigenvalue weighted by Crippen LogP contribution is -2.30. The Morgan fingerprint density at radius 1 is 0.912 bits per heavy atom. The number of sulfonamides is 1. The molecule has 3 aromatic rings. The molecule has 0 aliphatic carbocycles. The van der Waals surface area contributed by atoms with Crippen LogP contribution < -0.4 is 16.0 Å². The van der Waals surface area contributed by atoms with Gasteiger partial charge in [-0.15, -0.1) is 0 Å². The fraction of sp³-hybridized carbons (Fsp3) is 0.167. The predicted octanol–water partition coefficient (Wildman–Crippen LogP) is 3.86. The fourth-order valence-electron chi connectivity index (χ4n) is 3.02. The monoisotopic (exact) mass is 500 g/mol. The Bertz CT molecular complexity index is 1260. The number of anilines is 2. The van der Waals surface area contributed by atoms with Gasteiger partial charge in [-0.25, -0.2) is 17.1 Å². The van der Waals surface area contributed by atoms with Crippen molar-refractivity contribution in [2.75, 3.05) is 31.3 Å². The molecule has 0 aliphatic rings. The number of hydrogen-bond donors (Lipinski definition) is 3. The van der Waals surface area contributed by atoms with E-state index in [4.69, 9.17) is 12.2 Å². The number of halogens is 1. The number of rotatable bonds is 8. The molecule has 0 saturated heterocycles. The van der Waals surface area contributed by atoms with Gasteiger partial charge in [0.1, 0.15) is 5.82 Å². The minimum atomic E-state index is -3.44. The summed E-state index contributed by atoms with van der Waals surface area (Å²) in [6, 6.07) is 19.4. The smallest absolute Gasteiger partial charge is 0.258 e. The van der Waals surface area contributed by atoms with E-state index in [1.165, 1.54) is 36.6 Å². The standard InChI is InChI=1S/C24H25FN4O3S2/c1-29(2)34(31,32)20-13-7-17(8-14-20)15-16-26-24(33)28-19-11-9-18(10-12-19)27-23(30)21-5-3-4-6-22(21)25/h3-14H,15-16H2,1-2H3,(H,27,30)(H2,26,28,33). The van der Waals surface area contributed by atoms with Gasteiger partial charge in [-0.2, -0.15) is 0 Å². The zero-order chi connectivity index (χ0) is 24.7. The molecule has 0 atom stereocenters. The van der Waals surface area contributed by atoms with Crippen LogP contribution in [0, 0.1) is 5.82 Å². The molecule has 3 rings (SSSR count). The Morgan fingerprint density at radius 3 is 2.09 bits per heavy atom. The molecule has 3 aromatic carbocycles. The van der Waals surface area contributed by atoms with E-state index in [1.54, 1.807) is 54.6 Å². The number of hydrogen-bond acceptors (Lipinski definition) is 4. The van der Waals surface area contributed by atoms with Gasteiger partial charge in [0.25, 0.3) is 5.91 Å². The van der Waals surface area contributed by atoms with E-state index < -0.39 is 21.7 Å². The summed E-state index contributed by atoms with van der Waals surface area (Å²) in [4.78, 5) is 12.5. The molecule has 0 aliphatic heterocycles. The minimum absolute atomic E-state index is 0.0240. The first-order valence-corrected chi connectivity index (χ1v) is 12.2. The third-order valence-electron chi connectivity index (χ3n) is 4.92. The highest BCUT2D eigenvalue weighted by Crippen LogP contribution is 2.16. The molecule has 1 amide bonds. The Balaban J connectivity index is 1.46. The molecular formula is C24H25FN4O3S2. The van der Waals surface area contributed by atoms with Gasteiger partial charge in [-0.3, -0.25) is 4.79 Å². The van der Waals surface area contributed by atoms with Gasteiger partial charge < -0.3 is 16.0 Å². The fourth-order valence-corrected chi connectivity index (χ4v) is 4.14. The van der Waals surface area contributed by atoms with Crippen LogP contribution in [-0.4, -0.2) is 44.4 Å². The quantitative estimate of drug-likeness (QED) is 0.407. The van der Waals surface area contributed by atoms with Gasteiger partial charge in [0, 0.05) is 32.0 Å². The van der Waals surface area contributed by atoms with Crippen molar-refractivity contribution in [1.82, 2.24) is 9.62 Å². The summed E-state index contributed by atoms with van der Waals surface area (Å²) >= 11 is 5.31. The SMILES string of the molecule is CN(C)S(=O)(=O)c1ccc(CCNC(=S)Nc2ccc(NC(=O)c3ccccc3F)cc2)cc1. The van der Waals surface area contributed by atoms with Crippen LogP contribution in [0.3, 0.4) is 0 Å². The van der Waals surface area contributed by atoms with Crippen LogP contribution in [0.15, 0.2) is 77.7 Å². The van der Waals surface area contributed by atoms with Crippen molar-refractivity contribution < 1.29 is 17.6 Å². The van der Waals surface area contributed by atoms with Crippen LogP contribution in [-0.2, 0) is 16.4 Å². The maximum Gasteiger partial charge on any atom is 0.258 e. The van der Waals surface area contributed by atoms with E-state index in [2.05, 4.69) is 16.0 Å². The van der Waals surface area contributed by atoms with Crippen LogP contribution in [0.2, 0.25) is 0 Å². The van der Waals surface area contributed by atoms with Gasteiger partial charge in [0.05, 0.1) is 10.5 Å². The third-order valence-corrected chi connectivity index (χ3v) is 7.00. The number of carbonyl (C=O) groups is 1. The molecule has 34 heavy (non-hydrogen) atoms. The maximum absolute atomic E-state index is 13.7. The summed E-state index contributed by atoms with van der Waals surface area (Å²) in [5.41, 5.74) is 2.20. The first-order chi connectivity index (χ1) is 16.2. The number of benzene rings is 3. The summed E-state index contributed by atoms with van der Waals surface area (Å²) in [5, 5.41) is 9.24. The molecule has 0 heterocycles. The summed E-state index contributed by atoms with van der Waals surface area (Å²) in [5.74, 6) is -1.10. The van der Waals surface area contributed by atoms with Crippen LogP contribution in [0.25, 0.3) is 0 Å². The first kappa shape index (κ1) is 25.3. The Kier molecular flexibility index (Phi) is 8.32. The number of amides is 1. The number of nitrogens with one attached hydrogen (secondary N) is 3. The van der Waals surface area contributed by atoms with Gasteiger partial charge in [0.15, 0.2) is 5.11 Å². The lowest BCUT2D eigenvalue weighted by atomic mass is 10.1. The third kappa shape index (κ3) is 6.60. The van der Waals surface area contributed by atoms with Gasteiger partial charge in [0.2, 0.25) is 10.0 Å². The normalized spacial score (nSPS) is 11.2. The van der Waals surface area contributed by atoms with Crippen LogP contribution in [0.1, 0.15) is 15.9 Å². The van der Waals surface area contributed by atoms with Crippen molar-refractivity contribution in [3.63, 3.8) is 0 Å². The van der Waals surface area contributed by atoms with Crippen LogP contribution in [0.5, 0.6) is 0 Å². The highest BCUT2D eigenvalue weighted by atomic mass is 32.2. The average Bonchev–Trinajstić information content (AvgIpc) is 2.81. The highest BCUT2D eigenvalue weighted by molar-refractivity contribution is 7.89. The molecule has 10 heteroatoms. The second kappa shape index (κ2) is 11.2. The van der Waals surface area contributed by atoms with Gasteiger partial charge in [-0.1, -0.05) is 24.3 Å². The minimum Gasteiger partial charge on any atom is -0.362 e. The van der Waals surface area contributed by atoms with Crippen molar-refractivity contribution in [2.24, 2.45) is 0 Å². The molecule has 0 saturated carbocycles. The maximum atomic E-state index is 13.7. The molecule has 0 unspecified atom stereocenters. The first-order valence-electron chi connectivity index (χ1n) is 10.4. The average molecular weight is 501 g/mol. The Morgan fingerprint density at radius 2 is 1.50 bits per heavy atom. The Hall–Kier alpha value is -3.34. The molecule has 178 valence electrons. The zero-order valence-corrected chi connectivity index (χ0v) is 20.3. The van der Waals surface area contributed by atoms with Crippen LogP contribution >= 0.6 is 12.2 Å². The molecule has 0 aromatic heterocycles. The predicted molar refractivity (Wildman–Crippen MR) is 136 cm³/mol. The van der Waals surface area contributed by atoms with E-state index in [-0.39, 0.29) is 10.5 Å². The summed E-state index contributed by atoms with van der Waals surface area (Å²) in [6.45, 7) is 0.558. The van der Waals surface area contributed by atoms with E-state index in [9.17, 15) is 17.6 Å². The zero-order valence-electron chi connectivity index (χ0n) is 18.7. The molecule has 3 N–H and O–H groups in total. The van der Waals surface area contributed by atoms with Crippen molar-refractivity contribution in [2.45, 2.75) is 11.3 Å². The second-order valence-corrected chi connectivity index (χ2v) is 10.1. The van der Waals surface area contributed by atoms with E-state index in [0.717, 1.165) is 11.3 Å². The summed E-state index contributed by atoms with van der Waals surface area (Å²) < 4.78 is 39.2. The van der Waals surface area contributed by atoms with Crippen molar-refractivity contribution in [3.8, 4) is 0 Å². The van der Waals surface area contributed by atoms with Crippen molar-refractivity contribution in [1.29, 1.82) is 0 Å². The number of carbonyl (C=O) groups excluding carboxylic acids is 1. The summed E-state index contributed by atoms with van der Waals surface area (Å²) in [6.07, 6.45) is 0.658. The molecular weight excluding hydrogens is 475 g/mol. The van der Waals surface area contributed by atoms with E-state index in [0.29, 0.717) is 23.8 Å². The van der Waals surface area contributed by atoms with Gasteiger partial charge >= 0.3 is 0 Å². The second-order valence-electron chi connectivity index (χ2n) is 7.57. The summed E-state index contributed by atoms with van der Waals surface area (Å²) in [7, 11) is -0.448. The van der Waals surface area contributed by atoms with Crippen molar-refractivity contribution in [3.05, 3.63) is 89.7 Å². The van der Waals surface area contributed by atoms with E-state index in [1.807, 2.05) is 0 Å². The molecule has 7 nitrogen and oxygen atoms in total. The number of nitrogens with zero attached hydrogens (tertiary/aromatic N) is 1. The molecule has 0 spiro atoms. The highest BCUT2D eigenvalue weighted by Gasteiger charge is 2.16.